The Morgan fingerprint density at radius 2 is 0.655 bits per heavy atom. The van der Waals surface area contributed by atoms with E-state index in [4.69, 9.17) is 0 Å². The van der Waals surface area contributed by atoms with E-state index in [1.165, 1.54) is 83.6 Å². The zero-order valence-electron chi connectivity index (χ0n) is 31.8. The molecule has 8 aromatic rings. The second kappa shape index (κ2) is 12.6. The third-order valence-corrected chi connectivity index (χ3v) is 12.3. The Morgan fingerprint density at radius 1 is 0.273 bits per heavy atom. The second-order valence-electron chi connectivity index (χ2n) is 16.2. The van der Waals surface area contributed by atoms with Crippen molar-refractivity contribution in [2.45, 2.75) is 38.5 Å². The predicted molar refractivity (Wildman–Crippen MR) is 233 cm³/mol. The first kappa shape index (κ1) is 33.2. The highest BCUT2D eigenvalue weighted by atomic mass is 15.1. The SMILES string of the molecule is CC1(C)c2ccccc2-c2ccc(N(c3ccc(-c4ccccc4)cc3)c3ccc4c(c3)C(C)(C)c3ccc(-c5ccc(-c6ccccc6)cc5)cc3-4)cc21. The fraction of sp³-hybridized carbons (Fsp3) is 0.111. The lowest BCUT2D eigenvalue weighted by Crippen LogP contribution is -2.18. The van der Waals surface area contributed by atoms with Crippen molar-refractivity contribution in [1.29, 1.82) is 0 Å². The predicted octanol–water partition coefficient (Wildman–Crippen LogP) is 14.8. The van der Waals surface area contributed by atoms with E-state index in [2.05, 4.69) is 221 Å². The summed E-state index contributed by atoms with van der Waals surface area (Å²) in [6.45, 7) is 9.48. The van der Waals surface area contributed by atoms with E-state index in [0.717, 1.165) is 11.4 Å². The van der Waals surface area contributed by atoms with Crippen LogP contribution in [-0.2, 0) is 10.8 Å². The van der Waals surface area contributed by atoms with Crippen molar-refractivity contribution in [3.63, 3.8) is 0 Å². The highest BCUT2D eigenvalue weighted by Crippen LogP contribution is 2.53. The Morgan fingerprint density at radius 3 is 1.22 bits per heavy atom. The Balaban J connectivity index is 1.07. The van der Waals surface area contributed by atoms with Gasteiger partial charge in [0, 0.05) is 27.9 Å². The van der Waals surface area contributed by atoms with Crippen LogP contribution in [0, 0.1) is 0 Å². The summed E-state index contributed by atoms with van der Waals surface area (Å²) in [6.07, 6.45) is 0. The van der Waals surface area contributed by atoms with Gasteiger partial charge >= 0.3 is 0 Å². The van der Waals surface area contributed by atoms with Crippen LogP contribution >= 0.6 is 0 Å². The molecule has 0 atom stereocenters. The van der Waals surface area contributed by atoms with Crippen LogP contribution in [0.15, 0.2) is 188 Å². The largest absolute Gasteiger partial charge is 0.310 e. The molecule has 0 radical (unpaired) electrons. The van der Waals surface area contributed by atoms with Crippen LogP contribution in [-0.4, -0.2) is 0 Å². The maximum Gasteiger partial charge on any atom is 0.0465 e. The van der Waals surface area contributed by atoms with Crippen molar-refractivity contribution >= 4 is 17.1 Å². The quantitative estimate of drug-likeness (QED) is 0.166. The van der Waals surface area contributed by atoms with Gasteiger partial charge in [0.25, 0.3) is 0 Å². The molecule has 0 saturated heterocycles. The maximum absolute atomic E-state index is 2.45. The summed E-state index contributed by atoms with van der Waals surface area (Å²) < 4.78 is 0. The molecule has 0 heterocycles. The lowest BCUT2D eigenvalue weighted by atomic mass is 9.81. The van der Waals surface area contributed by atoms with Crippen molar-refractivity contribution in [1.82, 2.24) is 0 Å². The number of fused-ring (bicyclic) bond motifs is 6. The molecule has 0 aliphatic heterocycles. The average molecular weight is 706 g/mol. The Kier molecular flexibility index (Phi) is 7.58. The molecule has 10 rings (SSSR count). The molecule has 2 aliphatic rings. The van der Waals surface area contributed by atoms with Gasteiger partial charge in [-0.2, -0.15) is 0 Å². The van der Waals surface area contributed by atoms with Crippen LogP contribution in [0.3, 0.4) is 0 Å². The molecule has 264 valence electrons. The van der Waals surface area contributed by atoms with Crippen LogP contribution in [0.5, 0.6) is 0 Å². The molecule has 0 fully saturated rings. The zero-order chi connectivity index (χ0) is 37.3. The van der Waals surface area contributed by atoms with E-state index in [9.17, 15) is 0 Å². The first-order valence-corrected chi connectivity index (χ1v) is 19.4. The molecule has 0 saturated carbocycles. The van der Waals surface area contributed by atoms with Crippen LogP contribution in [0.4, 0.5) is 17.1 Å². The van der Waals surface area contributed by atoms with Gasteiger partial charge in [-0.15, -0.1) is 0 Å². The third kappa shape index (κ3) is 5.37. The third-order valence-electron chi connectivity index (χ3n) is 12.3. The van der Waals surface area contributed by atoms with Crippen molar-refractivity contribution in [2.75, 3.05) is 4.90 Å². The summed E-state index contributed by atoms with van der Waals surface area (Å²) in [6, 6.07) is 69.5. The molecular weight excluding hydrogens is 663 g/mol. The van der Waals surface area contributed by atoms with Gasteiger partial charge < -0.3 is 4.90 Å². The smallest absolute Gasteiger partial charge is 0.0465 e. The molecule has 0 unspecified atom stereocenters. The highest BCUT2D eigenvalue weighted by Gasteiger charge is 2.38. The fourth-order valence-electron chi connectivity index (χ4n) is 9.26. The van der Waals surface area contributed by atoms with Gasteiger partial charge in [0.15, 0.2) is 0 Å². The molecule has 0 aromatic heterocycles. The van der Waals surface area contributed by atoms with Gasteiger partial charge in [-0.25, -0.2) is 0 Å². The second-order valence-corrected chi connectivity index (χ2v) is 16.2. The lowest BCUT2D eigenvalue weighted by molar-refractivity contribution is 0.660. The van der Waals surface area contributed by atoms with E-state index in [1.807, 2.05) is 0 Å². The summed E-state index contributed by atoms with van der Waals surface area (Å²) in [4.78, 5) is 2.45. The average Bonchev–Trinajstić information content (AvgIpc) is 3.60. The van der Waals surface area contributed by atoms with Crippen molar-refractivity contribution in [3.05, 3.63) is 210 Å². The molecule has 2 aliphatic carbocycles. The number of hydrogen-bond acceptors (Lipinski definition) is 1. The molecular formula is C54H43N. The summed E-state index contributed by atoms with van der Waals surface area (Å²) in [5.74, 6) is 0. The van der Waals surface area contributed by atoms with Crippen molar-refractivity contribution in [2.24, 2.45) is 0 Å². The fourth-order valence-corrected chi connectivity index (χ4v) is 9.26. The van der Waals surface area contributed by atoms with Crippen LogP contribution < -0.4 is 4.90 Å². The number of hydrogen-bond donors (Lipinski definition) is 0. The van der Waals surface area contributed by atoms with E-state index < -0.39 is 0 Å². The molecule has 55 heavy (non-hydrogen) atoms. The first-order valence-electron chi connectivity index (χ1n) is 19.4. The van der Waals surface area contributed by atoms with Crippen LogP contribution in [0.2, 0.25) is 0 Å². The molecule has 0 amide bonds. The minimum absolute atomic E-state index is 0.0914. The molecule has 1 heteroatoms. The van der Waals surface area contributed by atoms with Gasteiger partial charge in [0.1, 0.15) is 0 Å². The number of anilines is 3. The highest BCUT2D eigenvalue weighted by molar-refractivity contribution is 5.90. The van der Waals surface area contributed by atoms with Crippen molar-refractivity contribution < 1.29 is 0 Å². The molecule has 0 spiro atoms. The van der Waals surface area contributed by atoms with Crippen LogP contribution in [0.25, 0.3) is 55.6 Å². The van der Waals surface area contributed by atoms with Gasteiger partial charge in [-0.05, 0) is 120 Å². The Bertz CT molecular complexity index is 2720. The molecule has 8 aromatic carbocycles. The van der Waals surface area contributed by atoms with E-state index in [0.29, 0.717) is 0 Å². The minimum Gasteiger partial charge on any atom is -0.310 e. The van der Waals surface area contributed by atoms with Gasteiger partial charge in [-0.1, -0.05) is 173 Å². The zero-order valence-corrected chi connectivity index (χ0v) is 31.8. The van der Waals surface area contributed by atoms with Gasteiger partial charge in [-0.3, -0.25) is 0 Å². The maximum atomic E-state index is 2.45. The summed E-state index contributed by atoms with van der Waals surface area (Å²) in [7, 11) is 0. The Labute approximate surface area is 325 Å². The standard InChI is InChI=1S/C54H43N/c1-53(2)49-18-12-11-17-45(49)46-30-28-43(34-51(46)53)55(42-26-23-39(24-27-42)37-15-9-6-10-16-37)44-29-31-47-48-33-41(25-32-50(48)54(3,4)52(47)35-44)40-21-19-38(20-22-40)36-13-7-5-8-14-36/h5-35H,1-4H3. The van der Waals surface area contributed by atoms with E-state index in [-0.39, 0.29) is 10.8 Å². The summed E-state index contributed by atoms with van der Waals surface area (Å²) >= 11 is 0. The van der Waals surface area contributed by atoms with Crippen LogP contribution in [0.1, 0.15) is 49.9 Å². The summed E-state index contributed by atoms with van der Waals surface area (Å²) in [5.41, 5.74) is 21.4. The lowest BCUT2D eigenvalue weighted by Gasteiger charge is -2.30. The first-order chi connectivity index (χ1) is 26.8. The Hall–Kier alpha value is -6.44. The molecule has 0 bridgehead atoms. The van der Waals surface area contributed by atoms with Gasteiger partial charge in [0.2, 0.25) is 0 Å². The normalized spacial score (nSPS) is 14.1. The minimum atomic E-state index is -0.152. The van der Waals surface area contributed by atoms with Gasteiger partial charge in [0.05, 0.1) is 0 Å². The summed E-state index contributed by atoms with van der Waals surface area (Å²) in [5, 5.41) is 0. The topological polar surface area (TPSA) is 3.24 Å². The number of rotatable bonds is 6. The number of nitrogens with zero attached hydrogens (tertiary/aromatic N) is 1. The number of benzene rings is 8. The molecule has 0 N–H and O–H groups in total. The monoisotopic (exact) mass is 705 g/mol. The molecule has 1 nitrogen and oxygen atoms in total. The van der Waals surface area contributed by atoms with E-state index in [1.54, 1.807) is 0 Å². The van der Waals surface area contributed by atoms with E-state index >= 15 is 0 Å². The van der Waals surface area contributed by atoms with Crippen molar-refractivity contribution in [3.8, 4) is 55.6 Å².